The molecule has 19 heteroatoms. The van der Waals surface area contributed by atoms with Crippen molar-refractivity contribution in [1.29, 1.82) is 0 Å². The molecule has 4 aliphatic rings. The Morgan fingerprint density at radius 1 is 0.818 bits per heavy atom. The molecule has 66 heavy (non-hydrogen) atoms. The number of fused-ring (bicyclic) bond motifs is 4. The molecule has 19 nitrogen and oxygen atoms in total. The molecule has 2 aromatic carbocycles. The van der Waals surface area contributed by atoms with Gasteiger partial charge in [-0.2, -0.15) is 9.97 Å². The van der Waals surface area contributed by atoms with Crippen LogP contribution in [0.25, 0.3) is 22.1 Å². The van der Waals surface area contributed by atoms with Crippen molar-refractivity contribution >= 4 is 57.2 Å². The third-order valence-corrected chi connectivity index (χ3v) is 13.7. The number of para-hydroxylation sites is 2. The van der Waals surface area contributed by atoms with E-state index in [-0.39, 0.29) is 31.1 Å². The summed E-state index contributed by atoms with van der Waals surface area (Å²) in [6.07, 6.45) is 4.10. The minimum Gasteiger partial charge on any atom is -0.342 e. The lowest BCUT2D eigenvalue weighted by molar-refractivity contribution is 0.0802. The van der Waals surface area contributed by atoms with E-state index in [0.717, 1.165) is 61.4 Å². The van der Waals surface area contributed by atoms with Gasteiger partial charge in [0.1, 0.15) is 17.5 Å². The number of amidine groups is 1. The van der Waals surface area contributed by atoms with Gasteiger partial charge in [-0.3, -0.25) is 28.6 Å². The molecular weight excluding hydrogens is 837 g/mol. The summed E-state index contributed by atoms with van der Waals surface area (Å²) in [7, 11) is 3.53. The van der Waals surface area contributed by atoms with Crippen molar-refractivity contribution in [3.05, 3.63) is 105 Å². The standard InChI is InChI=1S/C47H58N16O3/c1-7-60-38-40(53-44(60)58-21-13-15-29(48)24-58)56(5)28(3)62(42(38)64)27-37-51-34-20-12-10-18-32(34)47(4,55-37)23-35-31-17-9-11-19-33(31)50-36(52-35)26-63-43(65)39-41(57(6)46(63)66)54-45(61(39)8-2)59-22-14-16-30(49)25-59/h9-12,17-20,29-30H,3,7-8,13-16,21-27,48-49H2,1-2,4-6H3,(H,51,55)/t29-,30-,47?/m1/s1. The van der Waals surface area contributed by atoms with Crippen molar-refractivity contribution in [2.45, 2.75) is 90.1 Å². The van der Waals surface area contributed by atoms with Gasteiger partial charge in [0.2, 0.25) is 11.9 Å². The number of piperidine rings is 2. The molecule has 6 aromatic rings. The predicted octanol–water partition coefficient (Wildman–Crippen LogP) is 3.32. The molecule has 2 fully saturated rings. The Kier molecular flexibility index (Phi) is 10.8. The highest BCUT2D eigenvalue weighted by Gasteiger charge is 2.41. The molecule has 1 unspecified atom stereocenters. The fraction of sp³-hybridized carbons (Fsp3) is 0.447. The van der Waals surface area contributed by atoms with Crippen molar-refractivity contribution in [3.8, 4) is 0 Å². The summed E-state index contributed by atoms with van der Waals surface area (Å²) >= 11 is 0. The fourth-order valence-electron chi connectivity index (χ4n) is 10.4. The Morgan fingerprint density at radius 2 is 1.48 bits per heavy atom. The van der Waals surface area contributed by atoms with Crippen molar-refractivity contribution in [3.63, 3.8) is 0 Å². The van der Waals surface area contributed by atoms with Gasteiger partial charge in [-0.1, -0.05) is 43.0 Å². The molecule has 0 aliphatic carbocycles. The lowest BCUT2D eigenvalue weighted by Gasteiger charge is -2.38. The normalized spacial score (nSPS) is 21.1. The number of nitrogens with two attached hydrogens (primary N) is 2. The number of aryl methyl sites for hydroxylation is 2. The van der Waals surface area contributed by atoms with Crippen molar-refractivity contribution < 1.29 is 4.79 Å². The summed E-state index contributed by atoms with van der Waals surface area (Å²) in [5.74, 6) is 3.12. The molecule has 0 spiro atoms. The highest BCUT2D eigenvalue weighted by atomic mass is 16.2. The minimum atomic E-state index is -0.874. The van der Waals surface area contributed by atoms with E-state index >= 15 is 0 Å². The number of nitrogens with zero attached hydrogens (tertiary/aromatic N) is 13. The number of anilines is 4. The van der Waals surface area contributed by atoms with Crippen LogP contribution in [0, 0.1) is 0 Å². The molecule has 8 heterocycles. The number of benzene rings is 2. The van der Waals surface area contributed by atoms with E-state index in [1.165, 1.54) is 9.13 Å². The summed E-state index contributed by atoms with van der Waals surface area (Å²) in [5.41, 5.74) is 15.2. The van der Waals surface area contributed by atoms with Crippen LogP contribution in [-0.2, 0) is 38.6 Å². The van der Waals surface area contributed by atoms with Gasteiger partial charge in [0, 0.05) is 88.5 Å². The van der Waals surface area contributed by atoms with E-state index in [9.17, 15) is 14.4 Å². The Morgan fingerprint density at radius 3 is 2.18 bits per heavy atom. The van der Waals surface area contributed by atoms with Crippen molar-refractivity contribution in [2.24, 2.45) is 23.5 Å². The highest BCUT2D eigenvalue weighted by Crippen LogP contribution is 2.40. The van der Waals surface area contributed by atoms with Crippen LogP contribution in [0.5, 0.6) is 0 Å². The number of aliphatic imine (C=N–C) groups is 1. The van der Waals surface area contributed by atoms with Crippen LogP contribution in [-0.4, -0.2) is 107 Å². The number of carbonyl (C=O) groups is 1. The number of hydrogen-bond donors (Lipinski definition) is 3. The second-order valence-electron chi connectivity index (χ2n) is 18.2. The number of carbonyl (C=O) groups excluding carboxylic acids is 1. The molecule has 4 aromatic heterocycles. The number of amides is 1. The maximum atomic E-state index is 14.7. The SMILES string of the molecule is C=C1N(CC2=NC(C)(Cc3nc(Cn4c(=O)c5c(nc(N6CCC[C@@H](N)C6)n5CC)n(C)c4=O)nc4ccccc34)c3ccccc3N2)C(=O)c2c(nc(N3CCC[C@@H](N)C3)n2CC)N1C. The summed E-state index contributed by atoms with van der Waals surface area (Å²) in [4.78, 5) is 76.3. The number of hydrogen-bond acceptors (Lipinski definition) is 14. The number of imidazole rings is 2. The summed E-state index contributed by atoms with van der Waals surface area (Å²) in [6, 6.07) is 15.8. The first-order valence-electron chi connectivity index (χ1n) is 23.0. The zero-order valence-corrected chi connectivity index (χ0v) is 38.4. The molecule has 0 saturated carbocycles. The Bertz CT molecular complexity index is 3090. The average Bonchev–Trinajstić information content (AvgIpc) is 3.91. The predicted molar refractivity (Wildman–Crippen MR) is 257 cm³/mol. The van der Waals surface area contributed by atoms with Crippen LogP contribution in [0.1, 0.15) is 74.0 Å². The molecule has 0 radical (unpaired) electrons. The highest BCUT2D eigenvalue weighted by molar-refractivity contribution is 6.07. The van der Waals surface area contributed by atoms with Crippen LogP contribution in [0.3, 0.4) is 0 Å². The molecule has 4 aliphatic heterocycles. The van der Waals surface area contributed by atoms with Crippen LogP contribution in [0.4, 0.5) is 23.4 Å². The van der Waals surface area contributed by atoms with Crippen LogP contribution in [0.15, 0.2) is 75.5 Å². The van der Waals surface area contributed by atoms with E-state index in [2.05, 4.69) is 28.6 Å². The van der Waals surface area contributed by atoms with Gasteiger partial charge < -0.3 is 40.6 Å². The van der Waals surface area contributed by atoms with Gasteiger partial charge in [-0.05, 0) is 58.6 Å². The average molecular weight is 895 g/mol. The maximum Gasteiger partial charge on any atom is 0.332 e. The first kappa shape index (κ1) is 43.1. The summed E-state index contributed by atoms with van der Waals surface area (Å²) in [5, 5.41) is 4.36. The van der Waals surface area contributed by atoms with E-state index in [4.69, 9.17) is 36.4 Å². The van der Waals surface area contributed by atoms with Crippen LogP contribution in [0.2, 0.25) is 0 Å². The molecule has 10 rings (SSSR count). The van der Waals surface area contributed by atoms with Crippen molar-refractivity contribution in [2.75, 3.05) is 59.8 Å². The van der Waals surface area contributed by atoms with E-state index < -0.39 is 16.8 Å². The second kappa shape index (κ2) is 16.5. The zero-order chi connectivity index (χ0) is 46.2. The van der Waals surface area contributed by atoms with Crippen LogP contribution >= 0.6 is 0 Å². The van der Waals surface area contributed by atoms with Gasteiger partial charge in [-0.15, -0.1) is 0 Å². The molecule has 5 N–H and O–H groups in total. The maximum absolute atomic E-state index is 14.7. The third kappa shape index (κ3) is 7.11. The summed E-state index contributed by atoms with van der Waals surface area (Å²) in [6.45, 7) is 14.3. The van der Waals surface area contributed by atoms with E-state index in [1.54, 1.807) is 11.9 Å². The molecular formula is C47H58N16O3. The Hall–Kier alpha value is -6.86. The third-order valence-electron chi connectivity index (χ3n) is 13.7. The van der Waals surface area contributed by atoms with E-state index in [1.807, 2.05) is 83.5 Å². The Balaban J connectivity index is 1.01. The quantitative estimate of drug-likeness (QED) is 0.180. The zero-order valence-electron chi connectivity index (χ0n) is 38.4. The number of aromatic nitrogens is 8. The minimum absolute atomic E-state index is 0.00175. The van der Waals surface area contributed by atoms with Gasteiger partial charge in [-0.25, -0.2) is 14.8 Å². The molecule has 0 bridgehead atoms. The van der Waals surface area contributed by atoms with Crippen LogP contribution < -0.4 is 42.7 Å². The Labute approximate surface area is 382 Å². The summed E-state index contributed by atoms with van der Waals surface area (Å²) < 4.78 is 6.51. The fourth-order valence-corrected chi connectivity index (χ4v) is 10.4. The van der Waals surface area contributed by atoms with Gasteiger partial charge in [0.05, 0.1) is 29.8 Å². The number of nitrogens with one attached hydrogen (secondary N) is 1. The second-order valence-corrected chi connectivity index (χ2v) is 18.2. The van der Waals surface area contributed by atoms with E-state index in [0.29, 0.717) is 89.9 Å². The lowest BCUT2D eigenvalue weighted by atomic mass is 9.84. The lowest BCUT2D eigenvalue weighted by Crippen LogP contribution is -2.48. The van der Waals surface area contributed by atoms with Gasteiger partial charge in [0.15, 0.2) is 22.7 Å². The first-order chi connectivity index (χ1) is 31.8. The molecule has 3 atom stereocenters. The van der Waals surface area contributed by atoms with Gasteiger partial charge in [0.25, 0.3) is 11.5 Å². The molecule has 1 amide bonds. The van der Waals surface area contributed by atoms with Gasteiger partial charge >= 0.3 is 5.69 Å². The number of rotatable bonds is 10. The van der Waals surface area contributed by atoms with Crippen molar-refractivity contribution in [1.82, 2.24) is 43.1 Å². The molecule has 344 valence electrons. The topological polar surface area (TPSA) is 212 Å². The first-order valence-corrected chi connectivity index (χ1v) is 23.0. The smallest absolute Gasteiger partial charge is 0.332 e. The largest absolute Gasteiger partial charge is 0.342 e. The molecule has 2 saturated heterocycles. The monoisotopic (exact) mass is 894 g/mol.